The second kappa shape index (κ2) is 5.18. The van der Waals surface area contributed by atoms with Crippen molar-refractivity contribution >= 4 is 12.1 Å². The van der Waals surface area contributed by atoms with Gasteiger partial charge in [0.2, 0.25) is 0 Å². The molecule has 0 fully saturated rings. The van der Waals surface area contributed by atoms with Gasteiger partial charge in [0.1, 0.15) is 11.5 Å². The average molecular weight is 244 g/mol. The zero-order valence-electron chi connectivity index (χ0n) is 9.75. The first-order valence-corrected chi connectivity index (χ1v) is 5.33. The van der Waals surface area contributed by atoms with Crippen molar-refractivity contribution in [3.63, 3.8) is 0 Å². The summed E-state index contributed by atoms with van der Waals surface area (Å²) in [5.74, 6) is 0.411. The minimum Gasteiger partial charge on any atom is -0.508 e. The number of amides is 1. The van der Waals surface area contributed by atoms with Crippen LogP contribution in [0.25, 0.3) is 0 Å². The molecular formula is C13H12N2O3. The number of phenolic OH excluding ortho intramolecular Hbond substituents is 1. The van der Waals surface area contributed by atoms with Gasteiger partial charge in [-0.3, -0.25) is 4.79 Å². The molecule has 0 atom stereocenters. The molecule has 1 amide bonds. The normalized spacial score (nSPS) is 10.7. The van der Waals surface area contributed by atoms with Gasteiger partial charge in [0.05, 0.1) is 18.0 Å². The van der Waals surface area contributed by atoms with E-state index in [9.17, 15) is 4.79 Å². The first-order chi connectivity index (χ1) is 8.66. The predicted molar refractivity (Wildman–Crippen MR) is 66.6 cm³/mol. The number of carbonyl (C=O) groups excluding carboxylic acids is 1. The highest BCUT2D eigenvalue weighted by Crippen LogP contribution is 2.09. The van der Waals surface area contributed by atoms with Crippen molar-refractivity contribution in [2.75, 3.05) is 0 Å². The van der Waals surface area contributed by atoms with Gasteiger partial charge in [-0.15, -0.1) is 0 Å². The van der Waals surface area contributed by atoms with Gasteiger partial charge in [-0.05, 0) is 42.8 Å². The molecule has 2 N–H and O–H groups in total. The lowest BCUT2D eigenvalue weighted by Gasteiger charge is -1.97. The number of benzene rings is 1. The Bertz CT molecular complexity index is 570. The summed E-state index contributed by atoms with van der Waals surface area (Å²) in [6.45, 7) is 1.71. The molecule has 0 spiro atoms. The molecule has 0 aliphatic rings. The number of rotatable bonds is 3. The van der Waals surface area contributed by atoms with Gasteiger partial charge in [-0.1, -0.05) is 0 Å². The Labute approximate surface area is 104 Å². The van der Waals surface area contributed by atoms with Crippen molar-refractivity contribution < 1.29 is 14.3 Å². The Morgan fingerprint density at radius 1 is 1.33 bits per heavy atom. The standard InChI is InChI=1S/C13H12N2O3/c1-9-12(6-7-18-9)13(17)15-14-8-10-2-4-11(16)5-3-10/h2-8,16H,1H3,(H,15,17)/b14-8+. The number of nitrogens with one attached hydrogen (secondary N) is 1. The lowest BCUT2D eigenvalue weighted by molar-refractivity contribution is 0.0953. The number of aromatic hydroxyl groups is 1. The molecule has 0 saturated heterocycles. The van der Waals surface area contributed by atoms with Crippen LogP contribution in [0.2, 0.25) is 0 Å². The first kappa shape index (κ1) is 11.9. The summed E-state index contributed by atoms with van der Waals surface area (Å²) in [7, 11) is 0. The fraction of sp³-hybridized carbons (Fsp3) is 0.0769. The maximum atomic E-state index is 11.6. The second-order valence-corrected chi connectivity index (χ2v) is 3.68. The van der Waals surface area contributed by atoms with E-state index in [1.165, 1.54) is 12.5 Å². The van der Waals surface area contributed by atoms with Gasteiger partial charge in [0.25, 0.3) is 5.91 Å². The predicted octanol–water partition coefficient (Wildman–Crippen LogP) is 2.06. The molecule has 2 rings (SSSR count). The lowest BCUT2D eigenvalue weighted by Crippen LogP contribution is -2.17. The molecule has 1 heterocycles. The zero-order chi connectivity index (χ0) is 13.0. The summed E-state index contributed by atoms with van der Waals surface area (Å²) in [4.78, 5) is 11.6. The molecule has 0 radical (unpaired) electrons. The van der Waals surface area contributed by atoms with Crippen molar-refractivity contribution in [2.24, 2.45) is 5.10 Å². The molecule has 92 valence electrons. The van der Waals surface area contributed by atoms with E-state index in [0.717, 1.165) is 5.56 Å². The number of aryl methyl sites for hydroxylation is 1. The van der Waals surface area contributed by atoms with Gasteiger partial charge >= 0.3 is 0 Å². The van der Waals surface area contributed by atoms with Gasteiger partial charge in [-0.25, -0.2) is 5.43 Å². The van der Waals surface area contributed by atoms with E-state index in [4.69, 9.17) is 9.52 Å². The molecule has 18 heavy (non-hydrogen) atoms. The van der Waals surface area contributed by atoms with Crippen LogP contribution in [0.1, 0.15) is 21.7 Å². The molecule has 5 heteroatoms. The molecule has 0 bridgehead atoms. The van der Waals surface area contributed by atoms with Gasteiger partial charge in [0.15, 0.2) is 0 Å². The fourth-order valence-corrected chi connectivity index (χ4v) is 1.41. The summed E-state index contributed by atoms with van der Waals surface area (Å²) in [6, 6.07) is 8.05. The molecule has 0 saturated carbocycles. The van der Waals surface area contributed by atoms with Crippen LogP contribution in [-0.2, 0) is 0 Å². The third kappa shape index (κ3) is 2.76. The van der Waals surface area contributed by atoms with E-state index < -0.39 is 0 Å². The highest BCUT2D eigenvalue weighted by atomic mass is 16.3. The van der Waals surface area contributed by atoms with Gasteiger partial charge < -0.3 is 9.52 Å². The van der Waals surface area contributed by atoms with Gasteiger partial charge in [-0.2, -0.15) is 5.10 Å². The van der Waals surface area contributed by atoms with E-state index in [0.29, 0.717) is 11.3 Å². The van der Waals surface area contributed by atoms with Crippen LogP contribution in [0.3, 0.4) is 0 Å². The Kier molecular flexibility index (Phi) is 3.43. The largest absolute Gasteiger partial charge is 0.508 e. The van der Waals surface area contributed by atoms with Crippen LogP contribution in [0, 0.1) is 6.92 Å². The Morgan fingerprint density at radius 3 is 2.67 bits per heavy atom. The molecule has 0 aliphatic heterocycles. The molecule has 0 aliphatic carbocycles. The van der Waals surface area contributed by atoms with Crippen molar-refractivity contribution in [2.45, 2.75) is 6.92 Å². The van der Waals surface area contributed by atoms with E-state index in [2.05, 4.69) is 10.5 Å². The van der Waals surface area contributed by atoms with Crippen LogP contribution in [-0.4, -0.2) is 17.2 Å². The van der Waals surface area contributed by atoms with Crippen molar-refractivity contribution in [3.05, 3.63) is 53.5 Å². The van der Waals surface area contributed by atoms with Crippen LogP contribution >= 0.6 is 0 Å². The minimum atomic E-state index is -0.323. The highest BCUT2D eigenvalue weighted by molar-refractivity contribution is 5.95. The molecule has 0 unspecified atom stereocenters. The number of hydrazone groups is 1. The number of phenols is 1. The Morgan fingerprint density at radius 2 is 2.06 bits per heavy atom. The quantitative estimate of drug-likeness (QED) is 0.641. The summed E-state index contributed by atoms with van der Waals surface area (Å²) in [5.41, 5.74) is 3.63. The fourth-order valence-electron chi connectivity index (χ4n) is 1.41. The van der Waals surface area contributed by atoms with Crippen LogP contribution in [0.5, 0.6) is 5.75 Å². The first-order valence-electron chi connectivity index (χ1n) is 5.33. The number of carbonyl (C=O) groups is 1. The average Bonchev–Trinajstić information content (AvgIpc) is 2.78. The number of hydrogen-bond acceptors (Lipinski definition) is 4. The number of hydrogen-bond donors (Lipinski definition) is 2. The summed E-state index contributed by atoms with van der Waals surface area (Å²) in [5, 5.41) is 12.9. The van der Waals surface area contributed by atoms with Crippen LogP contribution < -0.4 is 5.43 Å². The maximum absolute atomic E-state index is 11.6. The number of furan rings is 1. The third-order valence-corrected chi connectivity index (χ3v) is 2.38. The second-order valence-electron chi connectivity index (χ2n) is 3.68. The number of nitrogens with zero attached hydrogens (tertiary/aromatic N) is 1. The molecule has 1 aromatic heterocycles. The van der Waals surface area contributed by atoms with E-state index in [1.54, 1.807) is 37.3 Å². The molecular weight excluding hydrogens is 232 g/mol. The molecule has 1 aromatic carbocycles. The minimum absolute atomic E-state index is 0.185. The maximum Gasteiger partial charge on any atom is 0.274 e. The lowest BCUT2D eigenvalue weighted by atomic mass is 10.2. The Hall–Kier alpha value is -2.56. The Balaban J connectivity index is 1.98. The van der Waals surface area contributed by atoms with E-state index in [-0.39, 0.29) is 11.7 Å². The van der Waals surface area contributed by atoms with Crippen molar-refractivity contribution in [3.8, 4) is 5.75 Å². The summed E-state index contributed by atoms with van der Waals surface area (Å²) >= 11 is 0. The monoisotopic (exact) mass is 244 g/mol. The van der Waals surface area contributed by atoms with Crippen LogP contribution in [0.15, 0.2) is 46.1 Å². The topological polar surface area (TPSA) is 74.8 Å². The van der Waals surface area contributed by atoms with Crippen LogP contribution in [0.4, 0.5) is 0 Å². The van der Waals surface area contributed by atoms with Crippen molar-refractivity contribution in [1.82, 2.24) is 5.43 Å². The third-order valence-electron chi connectivity index (χ3n) is 2.38. The smallest absolute Gasteiger partial charge is 0.274 e. The van der Waals surface area contributed by atoms with E-state index in [1.807, 2.05) is 0 Å². The summed E-state index contributed by atoms with van der Waals surface area (Å²) in [6.07, 6.45) is 2.95. The highest BCUT2D eigenvalue weighted by Gasteiger charge is 2.09. The molecule has 2 aromatic rings. The van der Waals surface area contributed by atoms with Gasteiger partial charge in [0, 0.05) is 0 Å². The van der Waals surface area contributed by atoms with E-state index >= 15 is 0 Å². The zero-order valence-corrected chi connectivity index (χ0v) is 9.75. The SMILES string of the molecule is Cc1occc1C(=O)N/N=C/c1ccc(O)cc1. The molecule has 5 nitrogen and oxygen atoms in total. The van der Waals surface area contributed by atoms with Crippen molar-refractivity contribution in [1.29, 1.82) is 0 Å². The summed E-state index contributed by atoms with van der Waals surface area (Å²) < 4.78 is 5.02.